The van der Waals surface area contributed by atoms with Crippen LogP contribution in [-0.2, 0) is 6.42 Å². The first-order valence-corrected chi connectivity index (χ1v) is 7.87. The van der Waals surface area contributed by atoms with Gasteiger partial charge >= 0.3 is 5.97 Å². The Hall–Kier alpha value is -3.34. The van der Waals surface area contributed by atoms with Crippen LogP contribution in [0.15, 0.2) is 63.4 Å². The Labute approximate surface area is 143 Å². The van der Waals surface area contributed by atoms with E-state index < -0.39 is 5.97 Å². The average Bonchev–Trinajstić information content (AvgIpc) is 3.22. The number of hydrogen-bond donors (Lipinski definition) is 1. The van der Waals surface area contributed by atoms with Crippen LogP contribution in [0.25, 0.3) is 22.6 Å². The average molecular weight is 333 g/mol. The Bertz CT molecular complexity index is 1060. The van der Waals surface area contributed by atoms with Crippen LogP contribution in [0.5, 0.6) is 0 Å². The predicted molar refractivity (Wildman–Crippen MR) is 92.7 cm³/mol. The molecule has 2 heterocycles. The maximum atomic E-state index is 11.0. The maximum absolute atomic E-state index is 11.0. The first kappa shape index (κ1) is 15.2. The highest BCUT2D eigenvalue weighted by atomic mass is 16.4. The fourth-order valence-electron chi connectivity index (χ4n) is 2.87. The third-order valence-corrected chi connectivity index (χ3v) is 3.97. The first-order valence-electron chi connectivity index (χ1n) is 7.87. The number of benzene rings is 2. The molecular weight excluding hydrogens is 318 g/mol. The molecule has 0 spiro atoms. The van der Waals surface area contributed by atoms with Crippen molar-refractivity contribution in [1.29, 1.82) is 0 Å². The Morgan fingerprint density at radius 3 is 2.60 bits per heavy atom. The summed E-state index contributed by atoms with van der Waals surface area (Å²) in [6, 6.07) is 16.8. The number of nitrogens with zero attached hydrogens (tertiary/aromatic N) is 1. The summed E-state index contributed by atoms with van der Waals surface area (Å²) in [6.07, 6.45) is 0.439. The van der Waals surface area contributed by atoms with Crippen LogP contribution in [0.3, 0.4) is 0 Å². The van der Waals surface area contributed by atoms with Crippen molar-refractivity contribution in [3.8, 4) is 11.5 Å². The summed E-state index contributed by atoms with van der Waals surface area (Å²) >= 11 is 0. The lowest BCUT2D eigenvalue weighted by Gasteiger charge is -2.01. The molecule has 0 bridgehead atoms. The molecule has 0 saturated carbocycles. The van der Waals surface area contributed by atoms with E-state index in [9.17, 15) is 4.79 Å². The second-order valence-corrected chi connectivity index (χ2v) is 5.91. The molecule has 0 aliphatic carbocycles. The Balaban J connectivity index is 1.77. The van der Waals surface area contributed by atoms with Crippen molar-refractivity contribution >= 4 is 17.1 Å². The van der Waals surface area contributed by atoms with Crippen LogP contribution in [0.1, 0.15) is 27.4 Å². The molecular formula is C20H15NO4. The van der Waals surface area contributed by atoms with Crippen molar-refractivity contribution in [2.45, 2.75) is 13.3 Å². The minimum atomic E-state index is -1.08. The van der Waals surface area contributed by atoms with Gasteiger partial charge in [-0.25, -0.2) is 9.78 Å². The summed E-state index contributed by atoms with van der Waals surface area (Å²) in [7, 11) is 0. The van der Waals surface area contributed by atoms with E-state index in [0.29, 0.717) is 23.7 Å². The molecule has 1 N–H and O–H groups in total. The van der Waals surface area contributed by atoms with E-state index in [1.165, 1.54) is 6.07 Å². The van der Waals surface area contributed by atoms with Gasteiger partial charge in [0, 0.05) is 17.5 Å². The zero-order valence-electron chi connectivity index (χ0n) is 13.5. The number of carbonyl (C=O) groups is 1. The number of carboxylic acids is 1. The summed E-state index contributed by atoms with van der Waals surface area (Å²) in [5.74, 6) is -0.0109. The molecule has 0 aliphatic heterocycles. The molecule has 2 aromatic carbocycles. The number of oxazole rings is 1. The number of hydrogen-bond acceptors (Lipinski definition) is 4. The predicted octanol–water partition coefficient (Wildman–Crippen LogP) is 4.69. The Kier molecular flexibility index (Phi) is 3.61. The van der Waals surface area contributed by atoms with Crippen LogP contribution in [0.2, 0.25) is 0 Å². The zero-order chi connectivity index (χ0) is 17.4. The summed E-state index contributed by atoms with van der Waals surface area (Å²) in [4.78, 5) is 15.6. The van der Waals surface area contributed by atoms with Gasteiger partial charge in [-0.05, 0) is 42.8 Å². The van der Waals surface area contributed by atoms with Crippen molar-refractivity contribution < 1.29 is 18.7 Å². The highest BCUT2D eigenvalue weighted by molar-refractivity contribution is 5.84. The van der Waals surface area contributed by atoms with Gasteiger partial charge in [0.1, 0.15) is 11.3 Å². The van der Waals surface area contributed by atoms with Crippen molar-refractivity contribution in [3.05, 3.63) is 77.2 Å². The van der Waals surface area contributed by atoms with E-state index >= 15 is 0 Å². The number of fused-ring (bicyclic) bond motifs is 1. The molecule has 5 nitrogen and oxygen atoms in total. The minimum absolute atomic E-state index is 0.0681. The van der Waals surface area contributed by atoms with E-state index in [4.69, 9.17) is 13.9 Å². The summed E-state index contributed by atoms with van der Waals surface area (Å²) in [6.45, 7) is 1.99. The van der Waals surface area contributed by atoms with Crippen LogP contribution in [0.4, 0.5) is 0 Å². The smallest absolute Gasteiger partial charge is 0.371 e. The molecule has 0 aliphatic rings. The number of aryl methyl sites for hydroxylation is 1. The minimum Gasteiger partial charge on any atom is -0.475 e. The molecule has 4 aromatic rings. The van der Waals surface area contributed by atoms with Gasteiger partial charge in [-0.15, -0.1) is 0 Å². The Morgan fingerprint density at radius 1 is 1.08 bits per heavy atom. The van der Waals surface area contributed by atoms with Gasteiger partial charge in [-0.1, -0.05) is 24.3 Å². The van der Waals surface area contributed by atoms with Gasteiger partial charge in [0.15, 0.2) is 5.58 Å². The van der Waals surface area contributed by atoms with Gasteiger partial charge in [-0.3, -0.25) is 0 Å². The number of carboxylic acid groups (broad SMARTS) is 1. The van der Waals surface area contributed by atoms with Crippen molar-refractivity contribution in [2.24, 2.45) is 0 Å². The monoisotopic (exact) mass is 333 g/mol. The first-order chi connectivity index (χ1) is 12.1. The molecule has 4 rings (SSSR count). The molecule has 0 unspecified atom stereocenters. The normalized spacial score (nSPS) is 11.1. The van der Waals surface area contributed by atoms with Crippen molar-refractivity contribution in [3.63, 3.8) is 0 Å². The molecule has 0 radical (unpaired) electrons. The second kappa shape index (κ2) is 5.94. The van der Waals surface area contributed by atoms with Crippen LogP contribution in [0, 0.1) is 6.92 Å². The molecule has 0 fully saturated rings. The topological polar surface area (TPSA) is 76.5 Å². The van der Waals surface area contributed by atoms with E-state index in [-0.39, 0.29) is 5.76 Å². The van der Waals surface area contributed by atoms with Crippen LogP contribution < -0.4 is 0 Å². The number of aromatic carboxylic acids is 1. The maximum Gasteiger partial charge on any atom is 0.371 e. The van der Waals surface area contributed by atoms with Crippen LogP contribution >= 0.6 is 0 Å². The molecule has 25 heavy (non-hydrogen) atoms. The molecule has 5 heteroatoms. The Morgan fingerprint density at radius 2 is 1.88 bits per heavy atom. The lowest BCUT2D eigenvalue weighted by atomic mass is 10.1. The summed E-state index contributed by atoms with van der Waals surface area (Å²) in [5.41, 5.74) is 4.35. The van der Waals surface area contributed by atoms with Crippen LogP contribution in [-0.4, -0.2) is 16.1 Å². The number of furan rings is 1. The van der Waals surface area contributed by atoms with E-state index in [2.05, 4.69) is 4.98 Å². The van der Waals surface area contributed by atoms with Crippen molar-refractivity contribution in [2.75, 3.05) is 0 Å². The third-order valence-electron chi connectivity index (χ3n) is 3.97. The summed E-state index contributed by atoms with van der Waals surface area (Å²) < 4.78 is 11.4. The fraction of sp³-hybridized carbons (Fsp3) is 0.100. The standard InChI is InChI=1S/C20H15NO4/c1-12-9-14(11-15-7-8-17(24-15)20(22)23)18-16(10-12)21-19(25-18)13-5-3-2-4-6-13/h2-10H,11H2,1H3,(H,22,23). The highest BCUT2D eigenvalue weighted by Gasteiger charge is 2.15. The SMILES string of the molecule is Cc1cc(Cc2ccc(C(=O)O)o2)c2oc(-c3ccccc3)nc2c1. The number of rotatable bonds is 4. The summed E-state index contributed by atoms with van der Waals surface area (Å²) in [5, 5.41) is 8.99. The lowest BCUT2D eigenvalue weighted by Crippen LogP contribution is -1.92. The molecule has 124 valence electrons. The quantitative estimate of drug-likeness (QED) is 0.586. The largest absolute Gasteiger partial charge is 0.475 e. The zero-order valence-corrected chi connectivity index (χ0v) is 13.5. The van der Waals surface area contributed by atoms with Gasteiger partial charge in [-0.2, -0.15) is 0 Å². The molecule has 0 atom stereocenters. The van der Waals surface area contributed by atoms with Gasteiger partial charge in [0.2, 0.25) is 11.7 Å². The second-order valence-electron chi connectivity index (χ2n) is 5.91. The van der Waals surface area contributed by atoms with E-state index in [0.717, 1.165) is 22.2 Å². The molecule has 0 amide bonds. The van der Waals surface area contributed by atoms with Gasteiger partial charge in [0.25, 0.3) is 0 Å². The number of aromatic nitrogens is 1. The molecule has 2 aromatic heterocycles. The van der Waals surface area contributed by atoms with Gasteiger partial charge in [0.05, 0.1) is 0 Å². The lowest BCUT2D eigenvalue weighted by molar-refractivity contribution is 0.0660. The third kappa shape index (κ3) is 2.92. The van der Waals surface area contributed by atoms with E-state index in [1.807, 2.05) is 49.4 Å². The molecule has 0 saturated heterocycles. The van der Waals surface area contributed by atoms with E-state index in [1.54, 1.807) is 6.07 Å². The fourth-order valence-corrected chi connectivity index (χ4v) is 2.87. The highest BCUT2D eigenvalue weighted by Crippen LogP contribution is 2.29. The van der Waals surface area contributed by atoms with Gasteiger partial charge < -0.3 is 13.9 Å². The van der Waals surface area contributed by atoms with Crippen molar-refractivity contribution in [1.82, 2.24) is 4.98 Å².